The molecule has 3 N–H and O–H groups in total. The molecule has 0 saturated carbocycles. The molecular formula is C15H15ClN2O2. The molecule has 2 aromatic rings. The molecule has 0 aromatic heterocycles. The van der Waals surface area contributed by atoms with E-state index >= 15 is 0 Å². The number of ether oxygens (including phenoxy) is 1. The molecule has 0 radical (unpaired) electrons. The number of methoxy groups -OCH3 is 1. The van der Waals surface area contributed by atoms with Gasteiger partial charge < -0.3 is 15.8 Å². The summed E-state index contributed by atoms with van der Waals surface area (Å²) in [6.07, 6.45) is 0. The van der Waals surface area contributed by atoms with Gasteiger partial charge in [-0.1, -0.05) is 29.8 Å². The van der Waals surface area contributed by atoms with Crippen LogP contribution in [0.25, 0.3) is 0 Å². The summed E-state index contributed by atoms with van der Waals surface area (Å²) in [4.78, 5) is 11.2. The second kappa shape index (κ2) is 6.30. The number of benzene rings is 2. The van der Waals surface area contributed by atoms with Crippen LogP contribution in [0.5, 0.6) is 5.75 Å². The van der Waals surface area contributed by atoms with Crippen molar-refractivity contribution < 1.29 is 9.53 Å². The zero-order chi connectivity index (χ0) is 14.5. The van der Waals surface area contributed by atoms with E-state index < -0.39 is 5.91 Å². The Balaban J connectivity index is 2.22. The van der Waals surface area contributed by atoms with E-state index in [1.54, 1.807) is 25.3 Å². The third-order valence-corrected chi connectivity index (χ3v) is 3.28. The summed E-state index contributed by atoms with van der Waals surface area (Å²) in [7, 11) is 1.57. The summed E-state index contributed by atoms with van der Waals surface area (Å²) in [5.41, 5.74) is 7.36. The molecule has 0 fully saturated rings. The van der Waals surface area contributed by atoms with Crippen molar-refractivity contribution in [3.05, 3.63) is 58.6 Å². The highest BCUT2D eigenvalue weighted by Crippen LogP contribution is 2.26. The highest BCUT2D eigenvalue weighted by molar-refractivity contribution is 6.31. The second-order valence-corrected chi connectivity index (χ2v) is 4.63. The van der Waals surface area contributed by atoms with Gasteiger partial charge in [0.1, 0.15) is 5.75 Å². The number of hydrogen-bond acceptors (Lipinski definition) is 3. The first kappa shape index (κ1) is 14.2. The maximum Gasteiger partial charge on any atom is 0.248 e. The Morgan fingerprint density at radius 2 is 2.05 bits per heavy atom. The topological polar surface area (TPSA) is 64.3 Å². The number of rotatable bonds is 5. The normalized spacial score (nSPS) is 10.1. The number of nitrogens with two attached hydrogens (primary N) is 1. The Hall–Kier alpha value is -2.20. The fourth-order valence-electron chi connectivity index (χ4n) is 1.83. The third-order valence-electron chi connectivity index (χ3n) is 2.91. The fourth-order valence-corrected chi connectivity index (χ4v) is 2.03. The summed E-state index contributed by atoms with van der Waals surface area (Å²) in [5, 5.41) is 3.88. The van der Waals surface area contributed by atoms with Gasteiger partial charge in [0.15, 0.2) is 0 Å². The van der Waals surface area contributed by atoms with E-state index in [0.717, 1.165) is 5.56 Å². The Bertz CT molecular complexity index is 629. The van der Waals surface area contributed by atoms with Crippen molar-refractivity contribution >= 4 is 23.2 Å². The van der Waals surface area contributed by atoms with Gasteiger partial charge in [-0.2, -0.15) is 0 Å². The molecule has 0 spiro atoms. The number of anilines is 1. The molecule has 0 saturated heterocycles. The molecule has 1 amide bonds. The predicted octanol–water partition coefficient (Wildman–Crippen LogP) is 3.06. The lowest BCUT2D eigenvalue weighted by atomic mass is 10.1. The zero-order valence-electron chi connectivity index (χ0n) is 11.0. The number of nitrogens with one attached hydrogen (secondary N) is 1. The van der Waals surface area contributed by atoms with Gasteiger partial charge in [0, 0.05) is 17.1 Å². The first-order valence-electron chi connectivity index (χ1n) is 6.07. The summed E-state index contributed by atoms with van der Waals surface area (Å²) in [6.45, 7) is 0.526. The van der Waals surface area contributed by atoms with Gasteiger partial charge in [-0.15, -0.1) is 0 Å². The van der Waals surface area contributed by atoms with Gasteiger partial charge in [0.25, 0.3) is 0 Å². The largest absolute Gasteiger partial charge is 0.495 e. The van der Waals surface area contributed by atoms with E-state index in [4.69, 9.17) is 22.1 Å². The first-order valence-corrected chi connectivity index (χ1v) is 6.44. The minimum atomic E-state index is -0.478. The minimum absolute atomic E-state index is 0.424. The molecule has 5 heteroatoms. The molecule has 0 aliphatic carbocycles. The van der Waals surface area contributed by atoms with Crippen molar-refractivity contribution in [1.82, 2.24) is 0 Å². The molecule has 4 nitrogen and oxygen atoms in total. The van der Waals surface area contributed by atoms with Crippen molar-refractivity contribution in [3.63, 3.8) is 0 Å². The number of carbonyl (C=O) groups excluding carboxylic acids is 1. The summed E-state index contributed by atoms with van der Waals surface area (Å²) < 4.78 is 5.25. The summed E-state index contributed by atoms with van der Waals surface area (Å²) >= 11 is 6.10. The van der Waals surface area contributed by atoms with Gasteiger partial charge in [-0.25, -0.2) is 0 Å². The van der Waals surface area contributed by atoms with Crippen molar-refractivity contribution in [1.29, 1.82) is 0 Å². The lowest BCUT2D eigenvalue weighted by Gasteiger charge is -2.13. The van der Waals surface area contributed by atoms with Crippen LogP contribution in [0.4, 0.5) is 5.69 Å². The lowest BCUT2D eigenvalue weighted by molar-refractivity contribution is 0.100. The number of hydrogen-bond donors (Lipinski definition) is 2. The van der Waals surface area contributed by atoms with E-state index in [1.807, 2.05) is 24.3 Å². The van der Waals surface area contributed by atoms with Gasteiger partial charge in [0.05, 0.1) is 12.8 Å². The molecule has 0 atom stereocenters. The second-order valence-electron chi connectivity index (χ2n) is 4.22. The maximum absolute atomic E-state index is 11.2. The average molecular weight is 291 g/mol. The van der Waals surface area contributed by atoms with Crippen LogP contribution < -0.4 is 15.8 Å². The molecule has 2 aromatic carbocycles. The number of amides is 1. The van der Waals surface area contributed by atoms with Gasteiger partial charge in [-0.05, 0) is 29.8 Å². The Morgan fingerprint density at radius 3 is 2.70 bits per heavy atom. The van der Waals surface area contributed by atoms with Crippen molar-refractivity contribution in [3.8, 4) is 5.75 Å². The van der Waals surface area contributed by atoms with E-state index in [2.05, 4.69) is 5.32 Å². The predicted molar refractivity (Wildman–Crippen MR) is 80.3 cm³/mol. The molecule has 0 bridgehead atoms. The Kier molecular flexibility index (Phi) is 4.48. The smallest absolute Gasteiger partial charge is 0.248 e. The molecule has 20 heavy (non-hydrogen) atoms. The molecule has 2 rings (SSSR count). The molecule has 104 valence electrons. The van der Waals surface area contributed by atoms with E-state index in [1.165, 1.54) is 0 Å². The lowest BCUT2D eigenvalue weighted by Crippen LogP contribution is -2.11. The quantitative estimate of drug-likeness (QED) is 0.889. The van der Waals surface area contributed by atoms with E-state index in [0.29, 0.717) is 28.6 Å². The Morgan fingerprint density at radius 1 is 1.30 bits per heavy atom. The van der Waals surface area contributed by atoms with Crippen LogP contribution in [0.1, 0.15) is 15.9 Å². The molecule has 0 heterocycles. The number of primary amides is 1. The van der Waals surface area contributed by atoms with Gasteiger partial charge in [0.2, 0.25) is 5.91 Å². The van der Waals surface area contributed by atoms with Crippen LogP contribution >= 0.6 is 11.6 Å². The number of carbonyl (C=O) groups is 1. The maximum atomic E-state index is 11.2. The average Bonchev–Trinajstić information content (AvgIpc) is 2.46. The van der Waals surface area contributed by atoms with E-state index in [9.17, 15) is 4.79 Å². The van der Waals surface area contributed by atoms with Crippen molar-refractivity contribution in [2.24, 2.45) is 5.73 Å². The SMILES string of the molecule is COc1ccc(C(N)=O)cc1NCc1ccccc1Cl. The number of halogens is 1. The Labute approximate surface area is 122 Å². The van der Waals surface area contributed by atoms with Gasteiger partial charge in [-0.3, -0.25) is 4.79 Å². The molecule has 0 aliphatic rings. The third kappa shape index (κ3) is 3.22. The van der Waals surface area contributed by atoms with Crippen LogP contribution in [0.3, 0.4) is 0 Å². The molecular weight excluding hydrogens is 276 g/mol. The fraction of sp³-hybridized carbons (Fsp3) is 0.133. The highest BCUT2D eigenvalue weighted by Gasteiger charge is 2.08. The van der Waals surface area contributed by atoms with Crippen LogP contribution in [0.2, 0.25) is 5.02 Å². The summed E-state index contributed by atoms with van der Waals surface area (Å²) in [5.74, 6) is 0.163. The van der Waals surface area contributed by atoms with Crippen LogP contribution in [-0.2, 0) is 6.54 Å². The first-order chi connectivity index (χ1) is 9.61. The minimum Gasteiger partial charge on any atom is -0.495 e. The van der Waals surface area contributed by atoms with Gasteiger partial charge >= 0.3 is 0 Å². The van der Waals surface area contributed by atoms with Crippen molar-refractivity contribution in [2.75, 3.05) is 12.4 Å². The van der Waals surface area contributed by atoms with E-state index in [-0.39, 0.29) is 0 Å². The van der Waals surface area contributed by atoms with Crippen LogP contribution in [0.15, 0.2) is 42.5 Å². The van der Waals surface area contributed by atoms with Crippen molar-refractivity contribution in [2.45, 2.75) is 6.54 Å². The molecule has 0 aliphatic heterocycles. The molecule has 0 unspecified atom stereocenters. The highest BCUT2D eigenvalue weighted by atomic mass is 35.5. The van der Waals surface area contributed by atoms with Crippen LogP contribution in [0, 0.1) is 0 Å². The summed E-state index contributed by atoms with van der Waals surface area (Å²) in [6, 6.07) is 12.5. The van der Waals surface area contributed by atoms with Crippen LogP contribution in [-0.4, -0.2) is 13.0 Å². The monoisotopic (exact) mass is 290 g/mol. The standard InChI is InChI=1S/C15H15ClN2O2/c1-20-14-7-6-10(15(17)19)8-13(14)18-9-11-4-2-3-5-12(11)16/h2-8,18H,9H2,1H3,(H2,17,19). The zero-order valence-corrected chi connectivity index (χ0v) is 11.8.